The van der Waals surface area contributed by atoms with E-state index in [1.54, 1.807) is 0 Å². The van der Waals surface area contributed by atoms with E-state index in [0.29, 0.717) is 12.1 Å². The van der Waals surface area contributed by atoms with E-state index < -0.39 is 17.4 Å². The van der Waals surface area contributed by atoms with Gasteiger partial charge in [-0.05, 0) is 17.7 Å². The van der Waals surface area contributed by atoms with Crippen molar-refractivity contribution in [1.29, 1.82) is 0 Å². The van der Waals surface area contributed by atoms with E-state index in [1.807, 2.05) is 0 Å². The Hall–Kier alpha value is -1.20. The van der Waals surface area contributed by atoms with Gasteiger partial charge in [0.05, 0.1) is 0 Å². The number of phenolic OH excluding ortho intramolecular Hbond substituents is 1. The summed E-state index contributed by atoms with van der Waals surface area (Å²) in [5.41, 5.74) is 0.551. The number of hydrogen-bond donors (Lipinski definition) is 2. The van der Waals surface area contributed by atoms with E-state index in [9.17, 15) is 8.78 Å². The van der Waals surface area contributed by atoms with Crippen molar-refractivity contribution in [2.24, 2.45) is 0 Å². The minimum absolute atomic E-state index is 0.510. The molecule has 0 radical (unpaired) electrons. The monoisotopic (exact) mass is 228 g/mol. The summed E-state index contributed by atoms with van der Waals surface area (Å²) < 4.78 is 26.1. The van der Waals surface area contributed by atoms with E-state index in [0.717, 1.165) is 26.2 Å². The van der Waals surface area contributed by atoms with Crippen LogP contribution in [0.2, 0.25) is 0 Å². The Labute approximate surface area is 92.7 Å². The summed E-state index contributed by atoms with van der Waals surface area (Å²) in [4.78, 5) is 2.11. The van der Waals surface area contributed by atoms with E-state index in [1.165, 1.54) is 12.1 Å². The Balaban J connectivity index is 2.09. The zero-order valence-electron chi connectivity index (χ0n) is 8.84. The lowest BCUT2D eigenvalue weighted by Crippen LogP contribution is -2.42. The molecule has 2 N–H and O–H groups in total. The van der Waals surface area contributed by atoms with Gasteiger partial charge in [-0.1, -0.05) is 0 Å². The molecule has 3 nitrogen and oxygen atoms in total. The molecule has 1 fully saturated rings. The van der Waals surface area contributed by atoms with Crippen molar-refractivity contribution in [3.05, 3.63) is 29.3 Å². The van der Waals surface area contributed by atoms with Crippen LogP contribution in [0.5, 0.6) is 5.75 Å². The topological polar surface area (TPSA) is 35.5 Å². The standard InChI is InChI=1S/C11H14F2N2O/c12-9-5-8(6-10(13)11(9)16)7-15-3-1-14-2-4-15/h5-6,14,16H,1-4,7H2. The molecule has 1 saturated heterocycles. The number of piperazine rings is 1. The normalized spacial score (nSPS) is 17.6. The molecule has 1 aliphatic heterocycles. The van der Waals surface area contributed by atoms with Gasteiger partial charge in [-0.3, -0.25) is 4.90 Å². The van der Waals surface area contributed by atoms with E-state index in [-0.39, 0.29) is 0 Å². The van der Waals surface area contributed by atoms with Crippen LogP contribution in [-0.2, 0) is 6.54 Å². The maximum Gasteiger partial charge on any atom is 0.187 e. The lowest BCUT2D eigenvalue weighted by atomic mass is 10.1. The Bertz CT molecular complexity index is 355. The number of nitrogens with zero attached hydrogens (tertiary/aromatic N) is 1. The molecule has 0 saturated carbocycles. The van der Waals surface area contributed by atoms with Gasteiger partial charge in [-0.25, -0.2) is 8.78 Å². The van der Waals surface area contributed by atoms with Crippen LogP contribution in [0.4, 0.5) is 8.78 Å². The van der Waals surface area contributed by atoms with E-state index >= 15 is 0 Å². The van der Waals surface area contributed by atoms with Crippen molar-refractivity contribution < 1.29 is 13.9 Å². The quantitative estimate of drug-likeness (QED) is 0.795. The molecule has 1 aliphatic rings. The molecule has 0 atom stereocenters. The van der Waals surface area contributed by atoms with E-state index in [4.69, 9.17) is 5.11 Å². The second-order valence-electron chi connectivity index (χ2n) is 3.93. The number of rotatable bonds is 2. The van der Waals surface area contributed by atoms with Crippen LogP contribution in [0.3, 0.4) is 0 Å². The largest absolute Gasteiger partial charge is 0.503 e. The van der Waals surface area contributed by atoms with Crippen molar-refractivity contribution in [2.75, 3.05) is 26.2 Å². The summed E-state index contributed by atoms with van der Waals surface area (Å²) in [7, 11) is 0. The van der Waals surface area contributed by atoms with Crippen LogP contribution in [0.15, 0.2) is 12.1 Å². The molecule has 1 aromatic rings. The average Bonchev–Trinajstić information content (AvgIpc) is 2.27. The molecule has 0 spiro atoms. The summed E-state index contributed by atoms with van der Waals surface area (Å²) in [6.07, 6.45) is 0. The van der Waals surface area contributed by atoms with Gasteiger partial charge >= 0.3 is 0 Å². The van der Waals surface area contributed by atoms with Crippen LogP contribution >= 0.6 is 0 Å². The fourth-order valence-electron chi connectivity index (χ4n) is 1.84. The maximum atomic E-state index is 13.1. The number of aromatic hydroxyl groups is 1. The van der Waals surface area contributed by atoms with Gasteiger partial charge in [0.2, 0.25) is 0 Å². The third-order valence-corrected chi connectivity index (χ3v) is 2.69. The number of halogens is 2. The van der Waals surface area contributed by atoms with Crippen molar-refractivity contribution in [1.82, 2.24) is 10.2 Å². The third-order valence-electron chi connectivity index (χ3n) is 2.69. The van der Waals surface area contributed by atoms with Gasteiger partial charge in [0, 0.05) is 32.7 Å². The third kappa shape index (κ3) is 2.48. The minimum Gasteiger partial charge on any atom is -0.503 e. The highest BCUT2D eigenvalue weighted by atomic mass is 19.1. The molecule has 1 aromatic carbocycles. The van der Waals surface area contributed by atoms with Gasteiger partial charge < -0.3 is 10.4 Å². The Kier molecular flexibility index (Phi) is 3.36. The summed E-state index contributed by atoms with van der Waals surface area (Å²) in [5, 5.41) is 12.2. The van der Waals surface area contributed by atoms with Crippen molar-refractivity contribution in [2.45, 2.75) is 6.54 Å². The molecule has 88 valence electrons. The van der Waals surface area contributed by atoms with Crippen LogP contribution in [0.25, 0.3) is 0 Å². The van der Waals surface area contributed by atoms with Gasteiger partial charge in [0.25, 0.3) is 0 Å². The number of hydrogen-bond acceptors (Lipinski definition) is 3. The molecule has 0 amide bonds. The molecule has 0 bridgehead atoms. The van der Waals surface area contributed by atoms with Crippen molar-refractivity contribution in [3.63, 3.8) is 0 Å². The van der Waals surface area contributed by atoms with Crippen LogP contribution in [0, 0.1) is 11.6 Å². The highest BCUT2D eigenvalue weighted by Gasteiger charge is 2.13. The minimum atomic E-state index is -0.899. The van der Waals surface area contributed by atoms with Gasteiger partial charge in [0.15, 0.2) is 17.4 Å². The second kappa shape index (κ2) is 4.76. The van der Waals surface area contributed by atoms with Crippen molar-refractivity contribution in [3.8, 4) is 5.75 Å². The smallest absolute Gasteiger partial charge is 0.187 e. The molecule has 1 heterocycles. The van der Waals surface area contributed by atoms with E-state index in [2.05, 4.69) is 10.2 Å². The molecule has 0 unspecified atom stereocenters. The number of nitrogens with one attached hydrogen (secondary N) is 1. The van der Waals surface area contributed by atoms with Crippen LogP contribution in [0.1, 0.15) is 5.56 Å². The highest BCUT2D eigenvalue weighted by Crippen LogP contribution is 2.22. The SMILES string of the molecule is Oc1c(F)cc(CN2CCNCC2)cc1F. The fourth-order valence-corrected chi connectivity index (χ4v) is 1.84. The van der Waals surface area contributed by atoms with Crippen LogP contribution in [-0.4, -0.2) is 36.2 Å². The predicted octanol–water partition coefficient (Wildman–Crippen LogP) is 1.08. The first-order valence-electron chi connectivity index (χ1n) is 5.27. The molecule has 2 rings (SSSR count). The summed E-state index contributed by atoms with van der Waals surface area (Å²) in [6, 6.07) is 2.36. The average molecular weight is 228 g/mol. The first-order valence-corrected chi connectivity index (χ1v) is 5.27. The zero-order valence-corrected chi connectivity index (χ0v) is 8.84. The maximum absolute atomic E-state index is 13.1. The molecule has 0 aliphatic carbocycles. The lowest BCUT2D eigenvalue weighted by molar-refractivity contribution is 0.232. The molecular weight excluding hydrogens is 214 g/mol. The molecular formula is C11H14F2N2O. The Morgan fingerprint density at radius 3 is 2.31 bits per heavy atom. The summed E-state index contributed by atoms with van der Waals surface area (Å²) in [6.45, 7) is 4.02. The van der Waals surface area contributed by atoms with Gasteiger partial charge in [-0.2, -0.15) is 0 Å². The van der Waals surface area contributed by atoms with Gasteiger partial charge in [0.1, 0.15) is 0 Å². The molecule has 5 heteroatoms. The predicted molar refractivity (Wildman–Crippen MR) is 56.2 cm³/mol. The second-order valence-corrected chi connectivity index (χ2v) is 3.93. The fraction of sp³-hybridized carbons (Fsp3) is 0.455. The number of benzene rings is 1. The van der Waals surface area contributed by atoms with Crippen molar-refractivity contribution >= 4 is 0 Å². The highest BCUT2D eigenvalue weighted by molar-refractivity contribution is 5.30. The number of phenols is 1. The Morgan fingerprint density at radius 2 is 1.75 bits per heavy atom. The summed E-state index contributed by atoms with van der Waals surface area (Å²) >= 11 is 0. The van der Waals surface area contributed by atoms with Crippen LogP contribution < -0.4 is 5.32 Å². The zero-order chi connectivity index (χ0) is 11.5. The van der Waals surface area contributed by atoms with Gasteiger partial charge in [-0.15, -0.1) is 0 Å². The molecule has 0 aromatic heterocycles. The first kappa shape index (κ1) is 11.3. The first-order chi connectivity index (χ1) is 7.66. The molecule has 16 heavy (non-hydrogen) atoms. The summed E-state index contributed by atoms with van der Waals surface area (Å²) in [5.74, 6) is -2.70. The Morgan fingerprint density at radius 1 is 1.19 bits per heavy atom. The lowest BCUT2D eigenvalue weighted by Gasteiger charge is -2.27.